The van der Waals surface area contributed by atoms with Crippen LogP contribution < -0.4 is 9.62 Å². The average Bonchev–Trinajstić information content (AvgIpc) is 2.97. The Morgan fingerprint density at radius 1 is 0.878 bits per heavy atom. The molecule has 0 aliphatic carbocycles. The Labute approximate surface area is 253 Å². The Kier molecular flexibility index (Phi) is 12.1. The quantitative estimate of drug-likeness (QED) is 0.210. The molecular weight excluding hydrogens is 581 g/mol. The van der Waals surface area contributed by atoms with Crippen molar-refractivity contribution in [2.75, 3.05) is 17.4 Å². The van der Waals surface area contributed by atoms with Gasteiger partial charge in [-0.3, -0.25) is 13.9 Å². The lowest BCUT2D eigenvalue weighted by atomic mass is 10.1. The number of hydrogen-bond acceptors (Lipinski definition) is 4. The number of anilines is 1. The number of carbonyl (C=O) groups is 2. The molecule has 0 spiro atoms. The molecule has 0 unspecified atom stereocenters. The molecule has 41 heavy (non-hydrogen) atoms. The number of aryl methyl sites for hydroxylation is 1. The Hall–Kier alpha value is -3.07. The minimum Gasteiger partial charge on any atom is -0.354 e. The van der Waals surface area contributed by atoms with Gasteiger partial charge in [0.1, 0.15) is 12.6 Å². The summed E-state index contributed by atoms with van der Waals surface area (Å²) in [6.07, 6.45) is 2.78. The van der Waals surface area contributed by atoms with Crippen molar-refractivity contribution in [1.29, 1.82) is 0 Å². The van der Waals surface area contributed by atoms with Crippen LogP contribution in [-0.4, -0.2) is 44.3 Å². The van der Waals surface area contributed by atoms with Gasteiger partial charge in [-0.25, -0.2) is 8.42 Å². The highest BCUT2D eigenvalue weighted by Crippen LogP contribution is 2.29. The largest absolute Gasteiger partial charge is 0.354 e. The highest BCUT2D eigenvalue weighted by atomic mass is 35.5. The van der Waals surface area contributed by atoms with E-state index in [0.717, 1.165) is 29.1 Å². The minimum absolute atomic E-state index is 0.0532. The number of rotatable bonds is 14. The molecule has 0 bridgehead atoms. The van der Waals surface area contributed by atoms with Crippen LogP contribution in [-0.2, 0) is 32.6 Å². The van der Waals surface area contributed by atoms with Gasteiger partial charge in [0.2, 0.25) is 11.8 Å². The molecule has 0 aliphatic heterocycles. The smallest absolute Gasteiger partial charge is 0.264 e. The summed E-state index contributed by atoms with van der Waals surface area (Å²) >= 11 is 12.9. The molecule has 1 N–H and O–H groups in total. The molecule has 7 nitrogen and oxygen atoms in total. The Morgan fingerprint density at radius 2 is 1.51 bits per heavy atom. The van der Waals surface area contributed by atoms with Crippen LogP contribution in [0.15, 0.2) is 77.7 Å². The van der Waals surface area contributed by atoms with Gasteiger partial charge in [0.15, 0.2) is 0 Å². The first kappa shape index (κ1) is 32.4. The van der Waals surface area contributed by atoms with Crippen molar-refractivity contribution in [3.8, 4) is 0 Å². The van der Waals surface area contributed by atoms with E-state index in [-0.39, 0.29) is 17.3 Å². The molecule has 2 amide bonds. The highest BCUT2D eigenvalue weighted by molar-refractivity contribution is 7.92. The third-order valence-corrected chi connectivity index (χ3v) is 9.34. The number of sulfonamides is 1. The Balaban J connectivity index is 2.06. The second-order valence-corrected chi connectivity index (χ2v) is 12.3. The maximum atomic E-state index is 14.1. The van der Waals surface area contributed by atoms with Crippen molar-refractivity contribution in [3.63, 3.8) is 0 Å². The predicted octanol–water partition coefficient (Wildman–Crippen LogP) is 6.47. The zero-order valence-electron chi connectivity index (χ0n) is 23.6. The SMILES string of the molecule is CCCCNC(=O)[C@@H](CC)N(Cc1c(Cl)cccc1Cl)C(=O)CN(c1ccc(CC)cc1)S(=O)(=O)c1ccccc1. The van der Waals surface area contributed by atoms with Gasteiger partial charge >= 0.3 is 0 Å². The van der Waals surface area contributed by atoms with Gasteiger partial charge in [0.25, 0.3) is 10.0 Å². The van der Waals surface area contributed by atoms with Crippen molar-refractivity contribution in [2.45, 2.75) is 63.9 Å². The molecule has 10 heteroatoms. The van der Waals surface area contributed by atoms with Crippen LogP contribution in [0, 0.1) is 0 Å². The van der Waals surface area contributed by atoms with E-state index in [1.807, 2.05) is 26.0 Å². The summed E-state index contributed by atoms with van der Waals surface area (Å²) in [7, 11) is -4.13. The summed E-state index contributed by atoms with van der Waals surface area (Å²) in [6.45, 7) is 5.72. The number of carbonyl (C=O) groups excluding carboxylic acids is 2. The number of unbranched alkanes of at least 4 members (excludes halogenated alkanes) is 1. The Morgan fingerprint density at radius 3 is 2.07 bits per heavy atom. The van der Waals surface area contributed by atoms with E-state index in [2.05, 4.69) is 5.32 Å². The zero-order valence-corrected chi connectivity index (χ0v) is 26.0. The first-order valence-electron chi connectivity index (χ1n) is 13.8. The molecule has 0 heterocycles. The lowest BCUT2D eigenvalue weighted by molar-refractivity contribution is -0.140. The van der Waals surface area contributed by atoms with E-state index < -0.39 is 28.5 Å². The van der Waals surface area contributed by atoms with Crippen LogP contribution in [0.2, 0.25) is 10.0 Å². The van der Waals surface area contributed by atoms with Crippen LogP contribution in [0.1, 0.15) is 51.2 Å². The predicted molar refractivity (Wildman–Crippen MR) is 166 cm³/mol. The van der Waals surface area contributed by atoms with E-state index >= 15 is 0 Å². The molecular formula is C31H37Cl2N3O4S. The van der Waals surface area contributed by atoms with Crippen molar-refractivity contribution in [2.24, 2.45) is 0 Å². The summed E-state index contributed by atoms with van der Waals surface area (Å²) in [5, 5.41) is 3.60. The van der Waals surface area contributed by atoms with Gasteiger partial charge in [-0.2, -0.15) is 0 Å². The third kappa shape index (κ3) is 8.24. The maximum Gasteiger partial charge on any atom is 0.264 e. The highest BCUT2D eigenvalue weighted by Gasteiger charge is 2.34. The molecule has 0 aliphatic rings. The summed E-state index contributed by atoms with van der Waals surface area (Å²) in [5.41, 5.74) is 1.85. The number of halogens is 2. The van der Waals surface area contributed by atoms with Crippen LogP contribution in [0.5, 0.6) is 0 Å². The van der Waals surface area contributed by atoms with Gasteiger partial charge in [-0.15, -0.1) is 0 Å². The molecule has 1 atom stereocenters. The standard InChI is InChI=1S/C31H37Cl2N3O4S/c1-4-7-20-34-31(38)29(6-3)35(21-26-27(32)14-11-15-28(26)33)30(37)22-36(24-18-16-23(5-2)17-19-24)41(39,40)25-12-9-8-10-13-25/h8-19,29H,4-7,20-22H2,1-3H3,(H,34,38)/t29-/m1/s1. The monoisotopic (exact) mass is 617 g/mol. The van der Waals surface area contributed by atoms with E-state index in [1.165, 1.54) is 17.0 Å². The van der Waals surface area contributed by atoms with Crippen molar-refractivity contribution in [1.82, 2.24) is 10.2 Å². The fourth-order valence-electron chi connectivity index (χ4n) is 4.43. The summed E-state index contributed by atoms with van der Waals surface area (Å²) in [6, 6.07) is 19.2. The van der Waals surface area contributed by atoms with Crippen LogP contribution in [0.25, 0.3) is 0 Å². The first-order valence-corrected chi connectivity index (χ1v) is 16.0. The molecule has 0 saturated heterocycles. The number of amides is 2. The zero-order chi connectivity index (χ0) is 30.0. The van der Waals surface area contributed by atoms with Gasteiger partial charge in [-0.05, 0) is 61.2 Å². The van der Waals surface area contributed by atoms with Crippen LogP contribution in [0.3, 0.4) is 0 Å². The molecule has 0 aromatic heterocycles. The van der Waals surface area contributed by atoms with Gasteiger partial charge in [-0.1, -0.05) is 86.8 Å². The maximum absolute atomic E-state index is 14.1. The molecule has 3 rings (SSSR count). The summed E-state index contributed by atoms with van der Waals surface area (Å²) in [4.78, 5) is 28.9. The lowest BCUT2D eigenvalue weighted by Crippen LogP contribution is -2.52. The van der Waals surface area contributed by atoms with Gasteiger partial charge < -0.3 is 10.2 Å². The first-order chi connectivity index (χ1) is 19.6. The lowest BCUT2D eigenvalue weighted by Gasteiger charge is -2.33. The molecule has 0 radical (unpaired) electrons. The average molecular weight is 619 g/mol. The van der Waals surface area contributed by atoms with E-state index in [1.54, 1.807) is 55.5 Å². The number of hydrogen-bond donors (Lipinski definition) is 1. The van der Waals surface area contributed by atoms with Crippen LogP contribution >= 0.6 is 23.2 Å². The normalized spacial score (nSPS) is 12.0. The van der Waals surface area contributed by atoms with Crippen molar-refractivity contribution < 1.29 is 18.0 Å². The fourth-order valence-corrected chi connectivity index (χ4v) is 6.38. The second kappa shape index (κ2) is 15.2. The summed E-state index contributed by atoms with van der Waals surface area (Å²) < 4.78 is 28.9. The van der Waals surface area contributed by atoms with Crippen LogP contribution in [0.4, 0.5) is 5.69 Å². The van der Waals surface area contributed by atoms with E-state index in [9.17, 15) is 18.0 Å². The van der Waals surface area contributed by atoms with E-state index in [4.69, 9.17) is 23.2 Å². The molecule has 3 aromatic carbocycles. The topological polar surface area (TPSA) is 86.8 Å². The van der Waals surface area contributed by atoms with Gasteiger partial charge in [0, 0.05) is 28.7 Å². The van der Waals surface area contributed by atoms with Gasteiger partial charge in [0.05, 0.1) is 10.6 Å². The molecule has 220 valence electrons. The minimum atomic E-state index is -4.13. The molecule has 0 saturated carbocycles. The number of benzene rings is 3. The van der Waals surface area contributed by atoms with E-state index in [0.29, 0.717) is 34.3 Å². The van der Waals surface area contributed by atoms with Crippen molar-refractivity contribution >= 4 is 50.7 Å². The fraction of sp³-hybridized carbons (Fsp3) is 0.355. The van der Waals surface area contributed by atoms with Crippen molar-refractivity contribution in [3.05, 3.63) is 94.0 Å². The molecule has 3 aromatic rings. The third-order valence-electron chi connectivity index (χ3n) is 6.85. The molecule has 0 fully saturated rings. The second-order valence-electron chi connectivity index (χ2n) is 9.64. The number of nitrogens with one attached hydrogen (secondary N) is 1. The Bertz CT molecular complexity index is 1400. The summed E-state index contributed by atoms with van der Waals surface area (Å²) in [5.74, 6) is -0.875. The number of nitrogens with zero attached hydrogens (tertiary/aromatic N) is 2.